The van der Waals surface area contributed by atoms with Gasteiger partial charge in [0.1, 0.15) is 0 Å². The summed E-state index contributed by atoms with van der Waals surface area (Å²) in [4.78, 5) is 28.9. The molecule has 25 heavy (non-hydrogen) atoms. The van der Waals surface area contributed by atoms with Crippen LogP contribution in [-0.2, 0) is 9.59 Å². The maximum absolute atomic E-state index is 11.9. The molecule has 132 valence electrons. The Kier molecular flexibility index (Phi) is 5.32. The first-order chi connectivity index (χ1) is 12.1. The number of carbonyl (C=O) groups is 2. The smallest absolute Gasteiger partial charge is 0.241 e. The maximum Gasteiger partial charge on any atom is 0.241 e. The van der Waals surface area contributed by atoms with Crippen molar-refractivity contribution < 1.29 is 9.59 Å². The normalized spacial score (nSPS) is 13.5. The van der Waals surface area contributed by atoms with Gasteiger partial charge in [-0.3, -0.25) is 19.1 Å². The highest BCUT2D eigenvalue weighted by Gasteiger charge is 2.30. The van der Waals surface area contributed by atoms with Crippen molar-refractivity contribution in [3.05, 3.63) is 24.5 Å². The highest BCUT2D eigenvalue weighted by atomic mass is 32.2. The fourth-order valence-corrected chi connectivity index (χ4v) is 3.08. The van der Waals surface area contributed by atoms with Crippen LogP contribution in [0.4, 0.5) is 0 Å². The van der Waals surface area contributed by atoms with Crippen molar-refractivity contribution >= 4 is 23.6 Å². The van der Waals surface area contributed by atoms with Gasteiger partial charge in [0.25, 0.3) is 0 Å². The van der Waals surface area contributed by atoms with E-state index < -0.39 is 0 Å². The van der Waals surface area contributed by atoms with Gasteiger partial charge in [-0.2, -0.15) is 0 Å². The molecule has 1 aliphatic carbocycles. The largest absolute Gasteiger partial charge is 0.347 e. The second-order valence-electron chi connectivity index (χ2n) is 6.00. The maximum atomic E-state index is 11.9. The van der Waals surface area contributed by atoms with Crippen LogP contribution in [0.3, 0.4) is 0 Å². The van der Waals surface area contributed by atoms with Crippen LogP contribution in [0.25, 0.3) is 11.4 Å². The summed E-state index contributed by atoms with van der Waals surface area (Å²) in [6.07, 6.45) is 5.63. The number of likely N-dealkylation sites (N-methyl/N-ethyl adjacent to an activating group) is 1. The van der Waals surface area contributed by atoms with Crippen molar-refractivity contribution in [3.8, 4) is 11.4 Å². The molecule has 1 aliphatic rings. The zero-order chi connectivity index (χ0) is 17.8. The third-order valence-electron chi connectivity index (χ3n) is 3.78. The fraction of sp³-hybridized carbons (Fsp3) is 0.438. The van der Waals surface area contributed by atoms with Crippen LogP contribution in [0.15, 0.2) is 29.7 Å². The van der Waals surface area contributed by atoms with Crippen LogP contribution in [0.5, 0.6) is 0 Å². The van der Waals surface area contributed by atoms with E-state index in [0.717, 1.165) is 29.4 Å². The number of amides is 2. The van der Waals surface area contributed by atoms with Gasteiger partial charge in [0.15, 0.2) is 11.0 Å². The van der Waals surface area contributed by atoms with Crippen molar-refractivity contribution in [1.29, 1.82) is 0 Å². The van der Waals surface area contributed by atoms with Gasteiger partial charge in [0.2, 0.25) is 11.8 Å². The lowest BCUT2D eigenvalue weighted by molar-refractivity contribution is -0.130. The number of nitrogens with one attached hydrogen (secondary N) is 1. The molecule has 1 saturated carbocycles. The Morgan fingerprint density at radius 2 is 2.00 bits per heavy atom. The number of hydrogen-bond acceptors (Lipinski definition) is 6. The summed E-state index contributed by atoms with van der Waals surface area (Å²) in [5, 5.41) is 11.9. The van der Waals surface area contributed by atoms with Crippen molar-refractivity contribution in [1.82, 2.24) is 30.0 Å². The molecule has 0 unspecified atom stereocenters. The molecule has 2 aromatic rings. The fourth-order valence-electron chi connectivity index (χ4n) is 2.25. The number of pyridine rings is 1. The van der Waals surface area contributed by atoms with Gasteiger partial charge in [0, 0.05) is 38.1 Å². The molecule has 0 aliphatic heterocycles. The topological polar surface area (TPSA) is 93.0 Å². The Labute approximate surface area is 150 Å². The van der Waals surface area contributed by atoms with Crippen LogP contribution in [0.2, 0.25) is 0 Å². The van der Waals surface area contributed by atoms with E-state index >= 15 is 0 Å². The second kappa shape index (κ2) is 7.64. The molecule has 0 aromatic carbocycles. The number of carbonyl (C=O) groups excluding carboxylic acids is 2. The van der Waals surface area contributed by atoms with Crippen LogP contribution in [0, 0.1) is 0 Å². The molecule has 1 N–H and O–H groups in total. The quantitative estimate of drug-likeness (QED) is 0.740. The van der Waals surface area contributed by atoms with Gasteiger partial charge in [-0.25, -0.2) is 0 Å². The zero-order valence-corrected chi connectivity index (χ0v) is 15.0. The lowest BCUT2D eigenvalue weighted by Gasteiger charge is -2.11. The van der Waals surface area contributed by atoms with E-state index in [2.05, 4.69) is 25.1 Å². The van der Waals surface area contributed by atoms with E-state index in [9.17, 15) is 9.59 Å². The van der Waals surface area contributed by atoms with Crippen LogP contribution in [0.1, 0.15) is 18.9 Å². The van der Waals surface area contributed by atoms with Crippen molar-refractivity contribution in [2.24, 2.45) is 0 Å². The molecule has 8 nitrogen and oxygen atoms in total. The van der Waals surface area contributed by atoms with Gasteiger partial charge in [0.05, 0.1) is 12.3 Å². The summed E-state index contributed by atoms with van der Waals surface area (Å²) in [6.45, 7) is 0.00394. The lowest BCUT2D eigenvalue weighted by Crippen LogP contribution is -2.37. The molecule has 3 rings (SSSR count). The molecule has 0 atom stereocenters. The lowest BCUT2D eigenvalue weighted by atomic mass is 10.2. The predicted octanol–water partition coefficient (Wildman–Crippen LogP) is 0.971. The molecule has 2 aromatic heterocycles. The van der Waals surface area contributed by atoms with E-state index in [1.807, 2.05) is 12.1 Å². The number of nitrogens with zero attached hydrogens (tertiary/aromatic N) is 5. The Morgan fingerprint density at radius 3 is 2.64 bits per heavy atom. The van der Waals surface area contributed by atoms with E-state index in [-0.39, 0.29) is 24.1 Å². The third kappa shape index (κ3) is 4.36. The predicted molar refractivity (Wildman–Crippen MR) is 94.0 cm³/mol. The van der Waals surface area contributed by atoms with E-state index in [1.165, 1.54) is 16.7 Å². The van der Waals surface area contributed by atoms with Crippen molar-refractivity contribution in [2.75, 3.05) is 26.4 Å². The average molecular weight is 360 g/mol. The molecule has 0 radical (unpaired) electrons. The standard InChI is InChI=1S/C16H20N6O2S/c1-21(2)14(24)9-18-13(23)10-25-16-20-19-15(22(16)12-3-4-12)11-5-7-17-8-6-11/h5-8,12H,3-4,9-10H2,1-2H3,(H,18,23). The summed E-state index contributed by atoms with van der Waals surface area (Å²) >= 11 is 1.34. The van der Waals surface area contributed by atoms with E-state index in [1.54, 1.807) is 26.5 Å². The molecular weight excluding hydrogens is 340 g/mol. The molecule has 0 spiro atoms. The first-order valence-electron chi connectivity index (χ1n) is 8.01. The van der Waals surface area contributed by atoms with Gasteiger partial charge < -0.3 is 10.2 Å². The Hall–Kier alpha value is -2.42. The molecule has 1 fully saturated rings. The monoisotopic (exact) mass is 360 g/mol. The van der Waals surface area contributed by atoms with Crippen LogP contribution >= 0.6 is 11.8 Å². The molecule has 2 heterocycles. The molecule has 9 heteroatoms. The number of aromatic nitrogens is 4. The van der Waals surface area contributed by atoms with Gasteiger partial charge in [-0.1, -0.05) is 11.8 Å². The minimum atomic E-state index is -0.198. The number of hydrogen-bond donors (Lipinski definition) is 1. The highest BCUT2D eigenvalue weighted by molar-refractivity contribution is 7.99. The summed E-state index contributed by atoms with van der Waals surface area (Å²) in [5.41, 5.74) is 0.960. The highest BCUT2D eigenvalue weighted by Crippen LogP contribution is 2.40. The SMILES string of the molecule is CN(C)C(=O)CNC(=O)CSc1nnc(-c2ccncc2)n1C1CC1. The van der Waals surface area contributed by atoms with Crippen LogP contribution < -0.4 is 5.32 Å². The van der Waals surface area contributed by atoms with Gasteiger partial charge in [-0.05, 0) is 25.0 Å². The molecule has 0 bridgehead atoms. The van der Waals surface area contributed by atoms with Crippen molar-refractivity contribution in [3.63, 3.8) is 0 Å². The zero-order valence-electron chi connectivity index (χ0n) is 14.2. The summed E-state index contributed by atoms with van der Waals surface area (Å²) < 4.78 is 2.10. The van der Waals surface area contributed by atoms with Gasteiger partial charge in [-0.15, -0.1) is 10.2 Å². The van der Waals surface area contributed by atoms with Crippen LogP contribution in [-0.4, -0.2) is 62.9 Å². The summed E-state index contributed by atoms with van der Waals surface area (Å²) in [6, 6.07) is 4.19. The summed E-state index contributed by atoms with van der Waals surface area (Å²) in [7, 11) is 3.31. The average Bonchev–Trinajstić information content (AvgIpc) is 3.37. The minimum Gasteiger partial charge on any atom is -0.347 e. The number of rotatable bonds is 7. The van der Waals surface area contributed by atoms with E-state index in [4.69, 9.17) is 0 Å². The second-order valence-corrected chi connectivity index (χ2v) is 6.94. The Morgan fingerprint density at radius 1 is 1.28 bits per heavy atom. The molecule has 2 amide bonds. The Balaban J connectivity index is 1.64. The number of thioether (sulfide) groups is 1. The molecular formula is C16H20N6O2S. The van der Waals surface area contributed by atoms with Crippen molar-refractivity contribution in [2.45, 2.75) is 24.0 Å². The van der Waals surface area contributed by atoms with Gasteiger partial charge >= 0.3 is 0 Å². The minimum absolute atomic E-state index is 0.00394. The Bertz CT molecular complexity index is 757. The molecule has 0 saturated heterocycles. The first kappa shape index (κ1) is 17.4. The van der Waals surface area contributed by atoms with E-state index in [0.29, 0.717) is 6.04 Å². The third-order valence-corrected chi connectivity index (χ3v) is 4.73. The first-order valence-corrected chi connectivity index (χ1v) is 8.99. The summed E-state index contributed by atoms with van der Waals surface area (Å²) in [5.74, 6) is 0.660.